The Morgan fingerprint density at radius 1 is 1.40 bits per heavy atom. The van der Waals surface area contributed by atoms with Gasteiger partial charge in [-0.3, -0.25) is 4.79 Å². The molecule has 3 aromatic rings. The summed E-state index contributed by atoms with van der Waals surface area (Å²) in [5, 5.41) is 7.89. The highest BCUT2D eigenvalue weighted by Crippen LogP contribution is 2.22. The molecule has 4 nitrogen and oxygen atoms in total. The third-order valence-corrected chi connectivity index (χ3v) is 4.04. The van der Waals surface area contributed by atoms with E-state index in [2.05, 4.69) is 10.3 Å². The first-order valence-electron chi connectivity index (χ1n) is 6.34. The van der Waals surface area contributed by atoms with Crippen LogP contribution in [0.15, 0.2) is 41.2 Å². The minimum absolute atomic E-state index is 0.0141. The van der Waals surface area contributed by atoms with Crippen LogP contribution in [0.5, 0.6) is 0 Å². The minimum Gasteiger partial charge on any atom is -0.399 e. The molecule has 20 heavy (non-hydrogen) atoms. The second-order valence-electron chi connectivity index (χ2n) is 4.76. The first-order valence-corrected chi connectivity index (χ1v) is 7.29. The summed E-state index contributed by atoms with van der Waals surface area (Å²) in [6.07, 6.45) is 1.72. The quantitative estimate of drug-likeness (QED) is 0.646. The Labute approximate surface area is 120 Å². The van der Waals surface area contributed by atoms with Crippen molar-refractivity contribution >= 4 is 33.8 Å². The first-order chi connectivity index (χ1) is 9.65. The second kappa shape index (κ2) is 5.02. The van der Waals surface area contributed by atoms with Gasteiger partial charge in [0.25, 0.3) is 5.91 Å². The number of nitrogen functional groups attached to an aromatic ring is 1. The molecular formula is C15H15N3OS. The average molecular weight is 285 g/mol. The number of hydrogen-bond donors (Lipinski definition) is 3. The Hall–Kier alpha value is -2.27. The fourth-order valence-electron chi connectivity index (χ4n) is 2.21. The Morgan fingerprint density at radius 2 is 2.25 bits per heavy atom. The lowest BCUT2D eigenvalue weighted by Gasteiger charge is -2.12. The van der Waals surface area contributed by atoms with Crippen LogP contribution in [0.25, 0.3) is 10.9 Å². The standard InChI is InChI=1S/C15H15N3OS/c1-9(10-4-5-20-8-10)18-15(19)13-7-17-14-3-2-11(16)6-12(13)14/h2-9,17H,16H2,1H3,(H,18,19). The molecule has 0 saturated heterocycles. The zero-order valence-electron chi connectivity index (χ0n) is 11.0. The van der Waals surface area contributed by atoms with Gasteiger partial charge in [-0.1, -0.05) is 0 Å². The number of anilines is 1. The van der Waals surface area contributed by atoms with Gasteiger partial charge in [-0.05, 0) is 47.5 Å². The molecule has 0 aliphatic heterocycles. The summed E-state index contributed by atoms with van der Waals surface area (Å²) in [7, 11) is 0. The van der Waals surface area contributed by atoms with Crippen molar-refractivity contribution < 1.29 is 4.79 Å². The average Bonchev–Trinajstić information content (AvgIpc) is 3.07. The van der Waals surface area contributed by atoms with Gasteiger partial charge < -0.3 is 16.0 Å². The highest BCUT2D eigenvalue weighted by atomic mass is 32.1. The van der Waals surface area contributed by atoms with Crippen molar-refractivity contribution in [3.63, 3.8) is 0 Å². The van der Waals surface area contributed by atoms with Gasteiger partial charge >= 0.3 is 0 Å². The number of nitrogens with one attached hydrogen (secondary N) is 2. The lowest BCUT2D eigenvalue weighted by Crippen LogP contribution is -2.26. The lowest BCUT2D eigenvalue weighted by molar-refractivity contribution is 0.0941. The molecule has 1 amide bonds. The topological polar surface area (TPSA) is 70.9 Å². The largest absolute Gasteiger partial charge is 0.399 e. The third-order valence-electron chi connectivity index (χ3n) is 3.34. The number of carbonyl (C=O) groups is 1. The molecule has 102 valence electrons. The zero-order valence-corrected chi connectivity index (χ0v) is 11.8. The van der Waals surface area contributed by atoms with Crippen molar-refractivity contribution in [3.8, 4) is 0 Å². The van der Waals surface area contributed by atoms with Crippen LogP contribution in [-0.4, -0.2) is 10.9 Å². The van der Waals surface area contributed by atoms with Gasteiger partial charge in [0.15, 0.2) is 0 Å². The van der Waals surface area contributed by atoms with Gasteiger partial charge in [0.05, 0.1) is 11.6 Å². The number of benzene rings is 1. The van der Waals surface area contributed by atoms with Crippen LogP contribution < -0.4 is 11.1 Å². The van der Waals surface area contributed by atoms with E-state index >= 15 is 0 Å². The van der Waals surface area contributed by atoms with Crippen LogP contribution >= 0.6 is 11.3 Å². The molecule has 0 radical (unpaired) electrons. The molecule has 3 rings (SSSR count). The van der Waals surface area contributed by atoms with Gasteiger partial charge in [0.2, 0.25) is 0 Å². The highest BCUT2D eigenvalue weighted by Gasteiger charge is 2.15. The number of aromatic amines is 1. The summed E-state index contributed by atoms with van der Waals surface area (Å²) in [4.78, 5) is 15.5. The van der Waals surface area contributed by atoms with Crippen LogP contribution in [0.3, 0.4) is 0 Å². The van der Waals surface area contributed by atoms with Gasteiger partial charge in [0.1, 0.15) is 0 Å². The van der Waals surface area contributed by atoms with Gasteiger partial charge in [-0.15, -0.1) is 0 Å². The SMILES string of the molecule is CC(NC(=O)c1c[nH]c2ccc(N)cc12)c1ccsc1. The molecule has 0 saturated carbocycles. The smallest absolute Gasteiger partial charge is 0.253 e. The molecular weight excluding hydrogens is 270 g/mol. The maximum absolute atomic E-state index is 12.4. The number of amides is 1. The van der Waals surface area contributed by atoms with E-state index in [1.165, 1.54) is 0 Å². The summed E-state index contributed by atoms with van der Waals surface area (Å²) in [6.45, 7) is 1.98. The normalized spacial score (nSPS) is 12.4. The number of thiophene rings is 1. The number of fused-ring (bicyclic) bond motifs is 1. The van der Waals surface area contributed by atoms with Crippen molar-refractivity contribution in [1.29, 1.82) is 0 Å². The van der Waals surface area contributed by atoms with E-state index in [9.17, 15) is 4.79 Å². The molecule has 1 unspecified atom stereocenters. The summed E-state index contributed by atoms with van der Waals surface area (Å²) in [6, 6.07) is 7.51. The highest BCUT2D eigenvalue weighted by molar-refractivity contribution is 7.07. The lowest BCUT2D eigenvalue weighted by atomic mass is 10.1. The third kappa shape index (κ3) is 2.28. The van der Waals surface area contributed by atoms with Crippen molar-refractivity contribution in [2.75, 3.05) is 5.73 Å². The van der Waals surface area contributed by atoms with E-state index in [0.717, 1.165) is 16.5 Å². The fourth-order valence-corrected chi connectivity index (χ4v) is 2.96. The fraction of sp³-hybridized carbons (Fsp3) is 0.133. The van der Waals surface area contributed by atoms with Crippen LogP contribution in [-0.2, 0) is 0 Å². The number of nitrogens with two attached hydrogens (primary N) is 1. The summed E-state index contributed by atoms with van der Waals surface area (Å²) in [5.74, 6) is -0.0967. The molecule has 0 fully saturated rings. The van der Waals surface area contributed by atoms with Crippen LogP contribution in [0.1, 0.15) is 28.9 Å². The molecule has 1 atom stereocenters. The minimum atomic E-state index is -0.0967. The van der Waals surface area contributed by atoms with Crippen molar-refractivity contribution in [2.24, 2.45) is 0 Å². The van der Waals surface area contributed by atoms with Crippen LogP contribution in [0.4, 0.5) is 5.69 Å². The Bertz CT molecular complexity index is 746. The van der Waals surface area contributed by atoms with E-state index in [1.54, 1.807) is 17.5 Å². The zero-order chi connectivity index (χ0) is 14.1. The summed E-state index contributed by atoms with van der Waals surface area (Å²) >= 11 is 1.62. The number of hydrogen-bond acceptors (Lipinski definition) is 3. The van der Waals surface area contributed by atoms with E-state index in [0.29, 0.717) is 11.3 Å². The molecule has 2 heterocycles. The number of carbonyl (C=O) groups excluding carboxylic acids is 1. The monoisotopic (exact) mass is 285 g/mol. The Morgan fingerprint density at radius 3 is 3.00 bits per heavy atom. The van der Waals surface area contributed by atoms with Crippen LogP contribution in [0.2, 0.25) is 0 Å². The van der Waals surface area contributed by atoms with Crippen LogP contribution in [0, 0.1) is 0 Å². The Kier molecular flexibility index (Phi) is 3.20. The second-order valence-corrected chi connectivity index (χ2v) is 5.54. The van der Waals surface area contributed by atoms with E-state index in [1.807, 2.05) is 41.9 Å². The van der Waals surface area contributed by atoms with Crippen molar-refractivity contribution in [3.05, 3.63) is 52.3 Å². The van der Waals surface area contributed by atoms with Crippen molar-refractivity contribution in [1.82, 2.24) is 10.3 Å². The van der Waals surface area contributed by atoms with Gasteiger partial charge in [-0.2, -0.15) is 11.3 Å². The number of H-pyrrole nitrogens is 1. The maximum Gasteiger partial charge on any atom is 0.253 e. The maximum atomic E-state index is 12.4. The van der Waals surface area contributed by atoms with E-state index in [4.69, 9.17) is 5.73 Å². The van der Waals surface area contributed by atoms with E-state index < -0.39 is 0 Å². The molecule has 1 aromatic carbocycles. The van der Waals surface area contributed by atoms with Gasteiger partial charge in [-0.25, -0.2) is 0 Å². The molecule has 0 bridgehead atoms. The molecule has 0 aliphatic rings. The molecule has 0 spiro atoms. The predicted molar refractivity (Wildman–Crippen MR) is 82.9 cm³/mol. The van der Waals surface area contributed by atoms with Gasteiger partial charge in [0, 0.05) is 22.8 Å². The molecule has 4 N–H and O–H groups in total. The molecule has 2 aromatic heterocycles. The first kappa shape index (κ1) is 12.7. The predicted octanol–water partition coefficient (Wildman–Crippen LogP) is 3.30. The summed E-state index contributed by atoms with van der Waals surface area (Å²) < 4.78 is 0. The summed E-state index contributed by atoms with van der Waals surface area (Å²) in [5.41, 5.74) is 9.08. The number of rotatable bonds is 3. The van der Waals surface area contributed by atoms with Crippen molar-refractivity contribution in [2.45, 2.75) is 13.0 Å². The Balaban J connectivity index is 1.87. The molecule has 0 aliphatic carbocycles. The number of aromatic nitrogens is 1. The molecule has 5 heteroatoms. The van der Waals surface area contributed by atoms with E-state index in [-0.39, 0.29) is 11.9 Å².